The van der Waals surface area contributed by atoms with E-state index in [0.29, 0.717) is 5.69 Å². The fraction of sp³-hybridized carbons (Fsp3) is 0.385. The molecule has 6 heteroatoms. The fourth-order valence-corrected chi connectivity index (χ4v) is 1.64. The van der Waals surface area contributed by atoms with Crippen molar-refractivity contribution in [1.82, 2.24) is 5.43 Å². The van der Waals surface area contributed by atoms with Gasteiger partial charge in [0.2, 0.25) is 6.04 Å². The number of hydrogen-bond acceptors (Lipinski definition) is 5. The van der Waals surface area contributed by atoms with Crippen molar-refractivity contribution in [3.63, 3.8) is 0 Å². The number of carbonyl (C=O) groups is 1. The van der Waals surface area contributed by atoms with E-state index in [9.17, 15) is 4.79 Å². The number of hydrogen-bond donors (Lipinski definition) is 2. The van der Waals surface area contributed by atoms with E-state index in [-0.39, 0.29) is 17.2 Å². The molecule has 0 radical (unpaired) electrons. The third kappa shape index (κ3) is 2.96. The predicted molar refractivity (Wildman–Crippen MR) is 73.2 cm³/mol. The molecule has 0 aliphatic carbocycles. The normalized spacial score (nSPS) is 19.6. The lowest BCUT2D eigenvalue weighted by atomic mass is 9.87. The maximum Gasteiger partial charge on any atom is 0.274 e. The first-order valence-corrected chi connectivity index (χ1v) is 6.02. The molecule has 1 aliphatic rings. The second-order valence-electron chi connectivity index (χ2n) is 5.43. The van der Waals surface area contributed by atoms with Gasteiger partial charge in [-0.15, -0.1) is 0 Å². The minimum absolute atomic E-state index is 0.0953. The summed E-state index contributed by atoms with van der Waals surface area (Å²) in [4.78, 5) is 11.3. The quantitative estimate of drug-likeness (QED) is 0.793. The summed E-state index contributed by atoms with van der Waals surface area (Å²) < 4.78 is 0. The van der Waals surface area contributed by atoms with E-state index in [0.717, 1.165) is 0 Å². The number of carbonyl (C=O) groups excluding carboxylic acids is 1. The van der Waals surface area contributed by atoms with E-state index < -0.39 is 6.04 Å². The minimum Gasteiger partial charge on any atom is -0.383 e. The molecule has 1 atom stereocenters. The highest BCUT2D eigenvalue weighted by molar-refractivity contribution is 6.10. The number of nitrogens with two attached hydrogens (primary N) is 1. The molecule has 3 N–H and O–H groups in total. The molecule has 0 bridgehead atoms. The zero-order valence-corrected chi connectivity index (χ0v) is 11.2. The van der Waals surface area contributed by atoms with Gasteiger partial charge in [0.1, 0.15) is 0 Å². The lowest BCUT2D eigenvalue weighted by Crippen LogP contribution is -2.31. The van der Waals surface area contributed by atoms with Crippen molar-refractivity contribution >= 4 is 17.4 Å². The molecule has 0 saturated carbocycles. The Morgan fingerprint density at radius 1 is 1.26 bits per heavy atom. The van der Waals surface area contributed by atoms with Crippen molar-refractivity contribution in [1.29, 1.82) is 0 Å². The van der Waals surface area contributed by atoms with E-state index in [1.807, 2.05) is 24.3 Å². The Morgan fingerprint density at radius 2 is 1.89 bits per heavy atom. The van der Waals surface area contributed by atoms with Crippen molar-refractivity contribution in [2.24, 2.45) is 21.1 Å². The molecule has 0 aromatic heterocycles. The first-order chi connectivity index (χ1) is 8.88. The van der Waals surface area contributed by atoms with Gasteiger partial charge in [-0.2, -0.15) is 15.3 Å². The van der Waals surface area contributed by atoms with E-state index in [1.165, 1.54) is 5.56 Å². The zero-order valence-electron chi connectivity index (χ0n) is 11.2. The van der Waals surface area contributed by atoms with Crippen LogP contribution in [0, 0.1) is 0 Å². The number of amides is 1. The molecule has 1 unspecified atom stereocenters. The van der Waals surface area contributed by atoms with Crippen LogP contribution in [0.25, 0.3) is 0 Å². The monoisotopic (exact) mass is 259 g/mol. The van der Waals surface area contributed by atoms with Gasteiger partial charge in [-0.3, -0.25) is 4.79 Å². The zero-order chi connectivity index (χ0) is 14.0. The van der Waals surface area contributed by atoms with Crippen molar-refractivity contribution in [3.8, 4) is 0 Å². The SMILES string of the molecule is CC(C)(C)c1ccc(N=NC2C(=O)NN=C2N)cc1. The van der Waals surface area contributed by atoms with E-state index in [2.05, 4.69) is 41.5 Å². The maximum atomic E-state index is 11.3. The number of hydrazone groups is 1. The lowest BCUT2D eigenvalue weighted by molar-refractivity contribution is -0.120. The van der Waals surface area contributed by atoms with E-state index >= 15 is 0 Å². The van der Waals surface area contributed by atoms with Crippen LogP contribution >= 0.6 is 0 Å². The Morgan fingerprint density at radius 3 is 2.37 bits per heavy atom. The summed E-state index contributed by atoms with van der Waals surface area (Å²) in [5.41, 5.74) is 9.77. The van der Waals surface area contributed by atoms with Crippen LogP contribution in [0.4, 0.5) is 5.69 Å². The molecule has 1 aromatic carbocycles. The van der Waals surface area contributed by atoms with Gasteiger partial charge in [-0.1, -0.05) is 32.9 Å². The topological polar surface area (TPSA) is 92.2 Å². The second kappa shape index (κ2) is 4.79. The first-order valence-electron chi connectivity index (χ1n) is 6.02. The van der Waals surface area contributed by atoms with Crippen molar-refractivity contribution in [3.05, 3.63) is 29.8 Å². The molecular weight excluding hydrogens is 242 g/mol. The van der Waals surface area contributed by atoms with Gasteiger partial charge in [0, 0.05) is 0 Å². The summed E-state index contributed by atoms with van der Waals surface area (Å²) >= 11 is 0. The van der Waals surface area contributed by atoms with Gasteiger partial charge < -0.3 is 5.73 Å². The molecule has 1 aromatic rings. The van der Waals surface area contributed by atoms with Crippen LogP contribution < -0.4 is 11.2 Å². The number of benzene rings is 1. The Balaban J connectivity index is 2.12. The molecule has 100 valence electrons. The van der Waals surface area contributed by atoms with Gasteiger partial charge in [0.15, 0.2) is 5.84 Å². The maximum absolute atomic E-state index is 11.3. The highest BCUT2D eigenvalue weighted by Crippen LogP contribution is 2.24. The third-order valence-corrected chi connectivity index (χ3v) is 2.85. The van der Waals surface area contributed by atoms with Gasteiger partial charge in [-0.25, -0.2) is 5.43 Å². The third-order valence-electron chi connectivity index (χ3n) is 2.85. The van der Waals surface area contributed by atoms with Gasteiger partial charge in [0.05, 0.1) is 5.69 Å². The molecule has 19 heavy (non-hydrogen) atoms. The summed E-state index contributed by atoms with van der Waals surface area (Å²) in [5, 5.41) is 11.5. The highest BCUT2D eigenvalue weighted by Gasteiger charge is 2.27. The van der Waals surface area contributed by atoms with Crippen LogP contribution in [-0.4, -0.2) is 17.8 Å². The Bertz CT molecular complexity index is 539. The number of rotatable bonds is 2. The molecule has 2 rings (SSSR count). The van der Waals surface area contributed by atoms with Crippen LogP contribution in [0.5, 0.6) is 0 Å². The van der Waals surface area contributed by atoms with Crippen LogP contribution in [0.15, 0.2) is 39.6 Å². The van der Waals surface area contributed by atoms with Gasteiger partial charge in [0.25, 0.3) is 5.91 Å². The Hall–Kier alpha value is -2.24. The Kier molecular flexibility index (Phi) is 3.33. The van der Waals surface area contributed by atoms with Crippen molar-refractivity contribution in [2.45, 2.75) is 32.2 Å². The molecule has 1 amide bonds. The Labute approximate surface area is 111 Å². The molecule has 6 nitrogen and oxygen atoms in total. The molecule has 0 saturated heterocycles. The fourth-order valence-electron chi connectivity index (χ4n) is 1.64. The average Bonchev–Trinajstić information content (AvgIpc) is 2.66. The molecule has 1 aliphatic heterocycles. The average molecular weight is 259 g/mol. The summed E-state index contributed by atoms with van der Waals surface area (Å²) in [6.07, 6.45) is 0. The summed E-state index contributed by atoms with van der Waals surface area (Å²) in [6, 6.07) is 6.91. The standard InChI is InChI=1S/C13H17N5O/c1-13(2,3)8-4-6-9(7-5-8)15-16-10-11(14)17-18-12(10)19/h4-7,10H,1-3H3,(H2,14,17)(H,18,19). The van der Waals surface area contributed by atoms with Crippen LogP contribution in [0.3, 0.4) is 0 Å². The van der Waals surface area contributed by atoms with Crippen LogP contribution in [0.1, 0.15) is 26.3 Å². The van der Waals surface area contributed by atoms with E-state index in [4.69, 9.17) is 5.73 Å². The predicted octanol–water partition coefficient (Wildman–Crippen LogP) is 1.84. The van der Waals surface area contributed by atoms with Gasteiger partial charge >= 0.3 is 0 Å². The summed E-state index contributed by atoms with van der Waals surface area (Å²) in [7, 11) is 0. The molecule has 0 spiro atoms. The largest absolute Gasteiger partial charge is 0.383 e. The molecular formula is C13H17N5O. The van der Waals surface area contributed by atoms with Crippen molar-refractivity contribution in [2.75, 3.05) is 0 Å². The first kappa shape index (κ1) is 13.2. The molecule has 0 fully saturated rings. The lowest BCUT2D eigenvalue weighted by Gasteiger charge is -2.18. The second-order valence-corrected chi connectivity index (χ2v) is 5.43. The van der Waals surface area contributed by atoms with Crippen molar-refractivity contribution < 1.29 is 4.79 Å². The summed E-state index contributed by atoms with van der Waals surface area (Å²) in [6.45, 7) is 6.43. The van der Waals surface area contributed by atoms with Crippen LogP contribution in [-0.2, 0) is 10.2 Å². The smallest absolute Gasteiger partial charge is 0.274 e. The van der Waals surface area contributed by atoms with Gasteiger partial charge in [-0.05, 0) is 23.1 Å². The highest BCUT2D eigenvalue weighted by atomic mass is 16.2. The number of nitrogens with zero attached hydrogens (tertiary/aromatic N) is 3. The number of nitrogens with one attached hydrogen (secondary N) is 1. The number of azo groups is 1. The number of amidine groups is 1. The summed E-state index contributed by atoms with van der Waals surface area (Å²) in [5.74, 6) is -0.215. The van der Waals surface area contributed by atoms with Crippen LogP contribution in [0.2, 0.25) is 0 Å². The minimum atomic E-state index is -0.817. The van der Waals surface area contributed by atoms with E-state index in [1.54, 1.807) is 0 Å². The molecule has 1 heterocycles.